The topological polar surface area (TPSA) is 82.8 Å². The summed E-state index contributed by atoms with van der Waals surface area (Å²) in [4.78, 5) is 30.3. The van der Waals surface area contributed by atoms with Gasteiger partial charge in [-0.1, -0.05) is 11.6 Å². The largest absolute Gasteiger partial charge is 0.485 e. The number of pyridine rings is 3. The zero-order chi connectivity index (χ0) is 27.7. The van der Waals surface area contributed by atoms with Crippen molar-refractivity contribution in [3.8, 4) is 22.8 Å². The minimum atomic E-state index is -0.895. The summed E-state index contributed by atoms with van der Waals surface area (Å²) in [5.41, 5.74) is 0.119. The minimum Gasteiger partial charge on any atom is -0.485 e. The molecule has 4 aromatic heterocycles. The van der Waals surface area contributed by atoms with Crippen molar-refractivity contribution < 1.29 is 17.9 Å². The van der Waals surface area contributed by atoms with Gasteiger partial charge in [-0.05, 0) is 49.8 Å². The van der Waals surface area contributed by atoms with Crippen LogP contribution in [-0.4, -0.2) is 36.0 Å². The zero-order valence-electron chi connectivity index (χ0n) is 21.0. The van der Waals surface area contributed by atoms with Gasteiger partial charge in [0.25, 0.3) is 5.56 Å². The summed E-state index contributed by atoms with van der Waals surface area (Å²) in [6.45, 7) is 2.83. The van der Waals surface area contributed by atoms with Crippen molar-refractivity contribution in [2.24, 2.45) is 0 Å². The molecule has 0 radical (unpaired) electrons. The zero-order valence-corrected chi connectivity index (χ0v) is 22.6. The van der Waals surface area contributed by atoms with Gasteiger partial charge in [-0.2, -0.15) is 11.8 Å². The quantitative estimate of drug-likeness (QED) is 0.281. The summed E-state index contributed by atoms with van der Waals surface area (Å²) in [5, 5.41) is -0.334. The highest BCUT2D eigenvalue weighted by atomic mass is 35.5. The molecule has 1 aliphatic heterocycles. The highest BCUT2D eigenvalue weighted by Gasteiger charge is 2.24. The number of hydrogen-bond acceptors (Lipinski definition) is 7. The highest BCUT2D eigenvalue weighted by Crippen LogP contribution is 2.32. The second-order valence-electron chi connectivity index (χ2n) is 9.11. The van der Waals surface area contributed by atoms with Crippen LogP contribution in [0.3, 0.4) is 0 Å². The number of aryl methyl sites for hydroxylation is 2. The lowest BCUT2D eigenvalue weighted by Crippen LogP contribution is -2.24. The van der Waals surface area contributed by atoms with Crippen molar-refractivity contribution in [1.82, 2.24) is 24.5 Å². The van der Waals surface area contributed by atoms with Crippen molar-refractivity contribution in [2.75, 3.05) is 11.5 Å². The maximum Gasteiger partial charge on any atom is 0.278 e. The Labute approximate surface area is 231 Å². The number of ether oxygens (including phenoxy) is 1. The molecule has 0 atom stereocenters. The Balaban J connectivity index is 1.51. The monoisotopic (exact) mass is 573 g/mol. The molecule has 1 saturated heterocycles. The molecule has 0 spiro atoms. The number of halogens is 4. The predicted octanol–water partition coefficient (Wildman–Crippen LogP) is 5.96. The van der Waals surface area contributed by atoms with Crippen LogP contribution in [0.5, 0.6) is 5.75 Å². The third kappa shape index (κ3) is 5.51. The summed E-state index contributed by atoms with van der Waals surface area (Å²) in [7, 11) is 0. The first-order chi connectivity index (χ1) is 18.7. The number of thioether (sulfide) groups is 1. The summed E-state index contributed by atoms with van der Waals surface area (Å²) in [6, 6.07) is 3.71. The van der Waals surface area contributed by atoms with Crippen LogP contribution in [0.25, 0.3) is 17.1 Å². The van der Waals surface area contributed by atoms with E-state index in [4.69, 9.17) is 16.3 Å². The Kier molecular flexibility index (Phi) is 7.90. The second-order valence-corrected chi connectivity index (χ2v) is 10.7. The maximum absolute atomic E-state index is 16.1. The molecule has 0 unspecified atom stereocenters. The van der Waals surface area contributed by atoms with E-state index in [0.29, 0.717) is 28.8 Å². The second kappa shape index (κ2) is 11.4. The van der Waals surface area contributed by atoms with E-state index in [9.17, 15) is 13.6 Å². The van der Waals surface area contributed by atoms with Crippen molar-refractivity contribution in [3.63, 3.8) is 0 Å². The van der Waals surface area contributed by atoms with Gasteiger partial charge >= 0.3 is 0 Å². The predicted molar refractivity (Wildman–Crippen MR) is 143 cm³/mol. The van der Waals surface area contributed by atoms with E-state index >= 15 is 4.39 Å². The molecule has 0 bridgehead atoms. The summed E-state index contributed by atoms with van der Waals surface area (Å²) < 4.78 is 49.8. The Morgan fingerprint density at radius 2 is 1.87 bits per heavy atom. The van der Waals surface area contributed by atoms with Gasteiger partial charge in [0, 0.05) is 36.1 Å². The van der Waals surface area contributed by atoms with Gasteiger partial charge in [-0.15, -0.1) is 0 Å². The SMILES string of the molecule is Cc1cnc(-c2ccnc(C3CCSCC3)n2)c(F)c1-n1c(C)cc(OCc2ncc(F)cc2F)c(Cl)c1=O. The van der Waals surface area contributed by atoms with E-state index in [-0.39, 0.29) is 33.8 Å². The first-order valence-corrected chi connectivity index (χ1v) is 13.7. The van der Waals surface area contributed by atoms with Crippen LogP contribution in [-0.2, 0) is 6.61 Å². The molecular formula is C27H23ClF3N5O2S. The number of hydrogen-bond donors (Lipinski definition) is 0. The molecule has 0 amide bonds. The third-order valence-electron chi connectivity index (χ3n) is 6.45. The molecule has 0 aromatic carbocycles. The first-order valence-electron chi connectivity index (χ1n) is 12.2. The lowest BCUT2D eigenvalue weighted by Gasteiger charge is -2.20. The minimum absolute atomic E-state index is 0.00922. The molecule has 12 heteroatoms. The van der Waals surface area contributed by atoms with Gasteiger partial charge in [0.05, 0.1) is 17.6 Å². The van der Waals surface area contributed by atoms with Gasteiger partial charge in [-0.3, -0.25) is 19.3 Å². The molecule has 0 N–H and O–H groups in total. The van der Waals surface area contributed by atoms with Crippen LogP contribution >= 0.6 is 23.4 Å². The highest BCUT2D eigenvalue weighted by molar-refractivity contribution is 7.99. The number of aromatic nitrogens is 5. The first kappa shape index (κ1) is 27.1. The standard InChI is InChI=1S/C27H23ClF3N5O2S/c1-14-11-34-24(19-3-6-32-26(35-19)16-4-7-39-8-5-16)23(31)25(14)36-15(2)9-21(22(28)27(36)37)38-13-20-18(30)10-17(29)12-33-20/h3,6,9-12,16H,4-5,7-8,13H2,1-2H3. The maximum atomic E-state index is 16.1. The van der Waals surface area contributed by atoms with Crippen molar-refractivity contribution >= 4 is 23.4 Å². The van der Waals surface area contributed by atoms with Gasteiger partial charge < -0.3 is 4.74 Å². The fourth-order valence-electron chi connectivity index (χ4n) is 4.44. The fraction of sp³-hybridized carbons (Fsp3) is 0.296. The van der Waals surface area contributed by atoms with Gasteiger partial charge in [0.2, 0.25) is 0 Å². The van der Waals surface area contributed by atoms with E-state index < -0.39 is 29.6 Å². The van der Waals surface area contributed by atoms with E-state index in [2.05, 4.69) is 19.9 Å². The molecule has 39 heavy (non-hydrogen) atoms. The lowest BCUT2D eigenvalue weighted by molar-refractivity contribution is 0.292. The van der Waals surface area contributed by atoms with Crippen LogP contribution in [0, 0.1) is 31.3 Å². The van der Waals surface area contributed by atoms with Crippen LogP contribution < -0.4 is 10.3 Å². The molecule has 5 heterocycles. The normalized spacial score (nSPS) is 14.0. The van der Waals surface area contributed by atoms with Crippen LogP contribution in [0.2, 0.25) is 5.02 Å². The van der Waals surface area contributed by atoms with E-state index in [1.807, 2.05) is 11.8 Å². The molecule has 1 fully saturated rings. The van der Waals surface area contributed by atoms with Crippen molar-refractivity contribution in [3.05, 3.63) is 92.4 Å². The van der Waals surface area contributed by atoms with Crippen LogP contribution in [0.15, 0.2) is 41.6 Å². The lowest BCUT2D eigenvalue weighted by atomic mass is 10.0. The Bertz CT molecular complexity index is 1610. The molecule has 1 aliphatic rings. The molecule has 4 aromatic rings. The van der Waals surface area contributed by atoms with Crippen molar-refractivity contribution in [2.45, 2.75) is 39.2 Å². The molecular weight excluding hydrogens is 551 g/mol. The van der Waals surface area contributed by atoms with Crippen LogP contribution in [0.1, 0.15) is 41.5 Å². The number of rotatable bonds is 6. The summed E-state index contributed by atoms with van der Waals surface area (Å²) in [5.74, 6) is 0.414. The molecule has 0 aliphatic carbocycles. The Hall–Kier alpha value is -3.44. The number of nitrogens with zero attached hydrogens (tertiary/aromatic N) is 5. The molecule has 5 rings (SSSR count). The third-order valence-corrected chi connectivity index (χ3v) is 7.85. The molecule has 0 saturated carbocycles. The summed E-state index contributed by atoms with van der Waals surface area (Å²) in [6.07, 6.45) is 5.83. The molecule has 202 valence electrons. The fourth-order valence-corrected chi connectivity index (χ4v) is 5.74. The van der Waals surface area contributed by atoms with E-state index in [1.54, 1.807) is 26.1 Å². The smallest absolute Gasteiger partial charge is 0.278 e. The molecule has 7 nitrogen and oxygen atoms in total. The van der Waals surface area contributed by atoms with Crippen molar-refractivity contribution in [1.29, 1.82) is 0 Å². The summed E-state index contributed by atoms with van der Waals surface area (Å²) >= 11 is 8.22. The van der Waals surface area contributed by atoms with E-state index in [0.717, 1.165) is 35.1 Å². The van der Waals surface area contributed by atoms with Gasteiger partial charge in [-0.25, -0.2) is 23.1 Å². The average Bonchev–Trinajstić information content (AvgIpc) is 2.93. The van der Waals surface area contributed by atoms with Crippen LogP contribution in [0.4, 0.5) is 13.2 Å². The van der Waals surface area contributed by atoms with E-state index in [1.165, 1.54) is 12.3 Å². The van der Waals surface area contributed by atoms with Gasteiger partial charge in [0.15, 0.2) is 11.6 Å². The van der Waals surface area contributed by atoms with Gasteiger partial charge in [0.1, 0.15) is 40.4 Å². The Morgan fingerprint density at radius 3 is 2.62 bits per heavy atom. The Morgan fingerprint density at radius 1 is 1.10 bits per heavy atom. The average molecular weight is 574 g/mol.